The summed E-state index contributed by atoms with van der Waals surface area (Å²) in [6, 6.07) is 7.94. The van der Waals surface area contributed by atoms with E-state index in [0.29, 0.717) is 5.75 Å². The Morgan fingerprint density at radius 3 is 2.72 bits per heavy atom. The molecular weight excluding hydrogens is 418 g/mol. The Morgan fingerprint density at radius 2 is 2.00 bits per heavy atom. The molecule has 0 saturated heterocycles. The molecule has 2 heterocycles. The summed E-state index contributed by atoms with van der Waals surface area (Å²) in [7, 11) is 0. The molecule has 0 fully saturated rings. The van der Waals surface area contributed by atoms with E-state index in [1.165, 1.54) is 22.2 Å². The molecule has 1 unspecified atom stereocenters. The molecule has 0 spiro atoms. The Morgan fingerprint density at radius 1 is 1.28 bits per heavy atom. The van der Waals surface area contributed by atoms with Crippen LogP contribution in [0.1, 0.15) is 29.0 Å². The third kappa shape index (κ3) is 4.22. The van der Waals surface area contributed by atoms with E-state index in [4.69, 9.17) is 0 Å². The first-order valence-corrected chi connectivity index (χ1v) is 10.4. The van der Waals surface area contributed by atoms with Crippen molar-refractivity contribution in [2.45, 2.75) is 31.8 Å². The molecule has 2 aromatic heterocycles. The molecule has 0 aliphatic rings. The number of nitrogens with zero attached hydrogens (tertiary/aromatic N) is 2. The molecule has 1 N–H and O–H groups in total. The number of carbonyl (C=O) groups is 1. The van der Waals surface area contributed by atoms with E-state index in [0.717, 1.165) is 25.3 Å². The lowest BCUT2D eigenvalue weighted by atomic mass is 10.1. The van der Waals surface area contributed by atoms with Gasteiger partial charge in [0.2, 0.25) is 5.91 Å². The van der Waals surface area contributed by atoms with E-state index < -0.39 is 0 Å². The van der Waals surface area contributed by atoms with Gasteiger partial charge in [-0.2, -0.15) is 0 Å². The van der Waals surface area contributed by atoms with Gasteiger partial charge in [0.15, 0.2) is 0 Å². The van der Waals surface area contributed by atoms with E-state index in [1.54, 1.807) is 17.7 Å². The predicted octanol–water partition coefficient (Wildman–Crippen LogP) is 5.04. The standard InChI is InChI=1S/C18H18BrN3OS2/c1-10-12(3)25-18-16(10)17(20-9-21-18)24-8-15(23)22-11(2)13-4-6-14(19)7-5-13/h4-7,9,11H,8H2,1-3H3,(H,22,23). The smallest absolute Gasteiger partial charge is 0.230 e. The SMILES string of the molecule is Cc1sc2ncnc(SCC(=O)NC(C)c3ccc(Br)cc3)c2c1C. The minimum absolute atomic E-state index is 0.00298. The van der Waals surface area contributed by atoms with Gasteiger partial charge in [0.1, 0.15) is 16.2 Å². The number of fused-ring (bicyclic) bond motifs is 1. The zero-order valence-corrected chi connectivity index (χ0v) is 17.4. The summed E-state index contributed by atoms with van der Waals surface area (Å²) in [5.74, 6) is 0.332. The van der Waals surface area contributed by atoms with Crippen LogP contribution in [0.5, 0.6) is 0 Å². The summed E-state index contributed by atoms with van der Waals surface area (Å²) in [4.78, 5) is 23.2. The highest BCUT2D eigenvalue weighted by atomic mass is 79.9. The Bertz CT molecular complexity index is 909. The van der Waals surface area contributed by atoms with Crippen LogP contribution in [0.2, 0.25) is 0 Å². The molecule has 4 nitrogen and oxygen atoms in total. The number of aryl methyl sites for hydroxylation is 2. The molecule has 7 heteroatoms. The third-order valence-electron chi connectivity index (χ3n) is 4.02. The molecule has 1 aromatic carbocycles. The fraction of sp³-hybridized carbons (Fsp3) is 0.278. The highest BCUT2D eigenvalue weighted by Crippen LogP contribution is 2.34. The largest absolute Gasteiger partial charge is 0.349 e. The highest BCUT2D eigenvalue weighted by molar-refractivity contribution is 9.10. The van der Waals surface area contributed by atoms with Crippen molar-refractivity contribution in [3.8, 4) is 0 Å². The monoisotopic (exact) mass is 435 g/mol. The molecule has 0 aliphatic carbocycles. The van der Waals surface area contributed by atoms with Gasteiger partial charge in [-0.05, 0) is 44.0 Å². The van der Waals surface area contributed by atoms with Crippen LogP contribution >= 0.6 is 39.0 Å². The third-order valence-corrected chi connectivity index (χ3v) is 6.65. The van der Waals surface area contributed by atoms with Crippen molar-refractivity contribution in [3.05, 3.63) is 51.1 Å². The molecule has 0 saturated carbocycles. The van der Waals surface area contributed by atoms with Crippen molar-refractivity contribution in [1.82, 2.24) is 15.3 Å². The van der Waals surface area contributed by atoms with Crippen molar-refractivity contribution in [1.29, 1.82) is 0 Å². The van der Waals surface area contributed by atoms with E-state index in [1.807, 2.05) is 31.2 Å². The second kappa shape index (κ2) is 7.85. The van der Waals surface area contributed by atoms with Gasteiger partial charge in [0, 0.05) is 14.7 Å². The minimum Gasteiger partial charge on any atom is -0.349 e. The lowest BCUT2D eigenvalue weighted by Crippen LogP contribution is -2.28. The zero-order valence-electron chi connectivity index (χ0n) is 14.2. The average molecular weight is 436 g/mol. The second-order valence-electron chi connectivity index (χ2n) is 5.77. The summed E-state index contributed by atoms with van der Waals surface area (Å²) in [5, 5.41) is 4.98. The van der Waals surface area contributed by atoms with Crippen molar-refractivity contribution >= 4 is 55.2 Å². The molecule has 0 aliphatic heterocycles. The van der Waals surface area contributed by atoms with Gasteiger partial charge in [0.05, 0.1) is 11.8 Å². The number of halogens is 1. The Hall–Kier alpha value is -1.44. The van der Waals surface area contributed by atoms with Crippen LogP contribution in [0.3, 0.4) is 0 Å². The van der Waals surface area contributed by atoms with Crippen molar-refractivity contribution in [2.75, 3.05) is 5.75 Å². The molecule has 3 aromatic rings. The fourth-order valence-electron chi connectivity index (χ4n) is 2.51. The summed E-state index contributed by atoms with van der Waals surface area (Å²) in [5.41, 5.74) is 2.28. The molecule has 1 amide bonds. The second-order valence-corrected chi connectivity index (χ2v) is 8.85. The number of benzene rings is 1. The topological polar surface area (TPSA) is 54.9 Å². The molecule has 0 radical (unpaired) electrons. The molecular formula is C18H18BrN3OS2. The van der Waals surface area contributed by atoms with Crippen LogP contribution in [0, 0.1) is 13.8 Å². The Labute approximate surface area is 163 Å². The number of hydrogen-bond donors (Lipinski definition) is 1. The number of rotatable bonds is 5. The summed E-state index contributed by atoms with van der Waals surface area (Å²) < 4.78 is 1.03. The number of carbonyl (C=O) groups excluding carboxylic acids is 1. The molecule has 25 heavy (non-hydrogen) atoms. The van der Waals surface area contributed by atoms with Gasteiger partial charge < -0.3 is 5.32 Å². The van der Waals surface area contributed by atoms with Crippen LogP contribution < -0.4 is 5.32 Å². The normalized spacial score (nSPS) is 12.3. The van der Waals surface area contributed by atoms with Gasteiger partial charge in [-0.3, -0.25) is 4.79 Å². The molecule has 130 valence electrons. The maximum Gasteiger partial charge on any atom is 0.230 e. The quantitative estimate of drug-likeness (QED) is 0.450. The number of aromatic nitrogens is 2. The Balaban J connectivity index is 1.65. The number of nitrogens with one attached hydrogen (secondary N) is 1. The van der Waals surface area contributed by atoms with E-state index in [-0.39, 0.29) is 11.9 Å². The average Bonchev–Trinajstić information content (AvgIpc) is 2.88. The van der Waals surface area contributed by atoms with Gasteiger partial charge in [-0.15, -0.1) is 11.3 Å². The highest BCUT2D eigenvalue weighted by Gasteiger charge is 2.15. The van der Waals surface area contributed by atoms with E-state index in [2.05, 4.69) is 45.1 Å². The van der Waals surface area contributed by atoms with Gasteiger partial charge in [-0.1, -0.05) is 39.8 Å². The number of hydrogen-bond acceptors (Lipinski definition) is 5. The van der Waals surface area contributed by atoms with Crippen LogP contribution in [-0.2, 0) is 4.79 Å². The summed E-state index contributed by atoms with van der Waals surface area (Å²) in [6.45, 7) is 6.15. The van der Waals surface area contributed by atoms with Crippen LogP contribution in [-0.4, -0.2) is 21.6 Å². The van der Waals surface area contributed by atoms with Crippen LogP contribution in [0.4, 0.5) is 0 Å². The summed E-state index contributed by atoms with van der Waals surface area (Å²) in [6.07, 6.45) is 1.57. The number of amides is 1. The molecule has 0 bridgehead atoms. The fourth-order valence-corrected chi connectivity index (χ4v) is 4.70. The van der Waals surface area contributed by atoms with E-state index >= 15 is 0 Å². The zero-order chi connectivity index (χ0) is 18.0. The molecule has 3 rings (SSSR count). The van der Waals surface area contributed by atoms with E-state index in [9.17, 15) is 4.79 Å². The maximum atomic E-state index is 12.3. The lowest BCUT2D eigenvalue weighted by molar-refractivity contribution is -0.119. The Kier molecular flexibility index (Phi) is 5.76. The first-order valence-electron chi connectivity index (χ1n) is 7.84. The van der Waals surface area contributed by atoms with Crippen molar-refractivity contribution in [3.63, 3.8) is 0 Å². The number of thiophene rings is 1. The van der Waals surface area contributed by atoms with Crippen LogP contribution in [0.15, 0.2) is 40.1 Å². The molecule has 1 atom stereocenters. The first-order chi connectivity index (χ1) is 12.0. The van der Waals surface area contributed by atoms with Gasteiger partial charge in [0.25, 0.3) is 0 Å². The van der Waals surface area contributed by atoms with Crippen LogP contribution in [0.25, 0.3) is 10.2 Å². The minimum atomic E-state index is -0.0308. The van der Waals surface area contributed by atoms with Crippen molar-refractivity contribution < 1.29 is 4.79 Å². The summed E-state index contributed by atoms with van der Waals surface area (Å²) >= 11 is 6.55. The lowest BCUT2D eigenvalue weighted by Gasteiger charge is -2.14. The van der Waals surface area contributed by atoms with Gasteiger partial charge in [-0.25, -0.2) is 9.97 Å². The number of thioether (sulfide) groups is 1. The predicted molar refractivity (Wildman–Crippen MR) is 108 cm³/mol. The van der Waals surface area contributed by atoms with Crippen molar-refractivity contribution in [2.24, 2.45) is 0 Å². The van der Waals surface area contributed by atoms with Gasteiger partial charge >= 0.3 is 0 Å². The maximum absolute atomic E-state index is 12.3. The first kappa shape index (κ1) is 18.4.